The fourth-order valence-electron chi connectivity index (χ4n) is 14.2. The van der Waals surface area contributed by atoms with Crippen LogP contribution < -0.4 is 31.5 Å². The number of carbonyl (C=O) groups is 5. The molecule has 4 saturated carbocycles. The minimum atomic E-state index is -0.510. The second-order valence-electron chi connectivity index (χ2n) is 23.5. The third-order valence-electron chi connectivity index (χ3n) is 17.8. The van der Waals surface area contributed by atoms with Gasteiger partial charge in [-0.05, 0) is 142 Å². The van der Waals surface area contributed by atoms with Crippen molar-refractivity contribution in [2.75, 3.05) is 35.2 Å². The largest absolute Gasteiger partial charge is 0.387 e. The fourth-order valence-corrected chi connectivity index (χ4v) is 15.1. The van der Waals surface area contributed by atoms with E-state index in [1.807, 2.05) is 73.7 Å². The van der Waals surface area contributed by atoms with Crippen LogP contribution in [0.2, 0.25) is 0 Å². The minimum Gasteiger partial charge on any atom is -0.387 e. The van der Waals surface area contributed by atoms with Gasteiger partial charge in [-0.25, -0.2) is 9.97 Å². The topological polar surface area (TPSA) is 216 Å². The molecule has 17 heteroatoms. The van der Waals surface area contributed by atoms with Crippen molar-refractivity contribution >= 4 is 90.4 Å². The number of nitrogens with one attached hydrogen (secondary N) is 6. The average molecular weight is 1100 g/mol. The molecule has 80 heavy (non-hydrogen) atoms. The van der Waals surface area contributed by atoms with Gasteiger partial charge in [0, 0.05) is 80.1 Å². The molecule has 3 aromatic carbocycles. The number of nitrogens with zero attached hydrogens (tertiary/aromatic N) is 5. The van der Waals surface area contributed by atoms with Gasteiger partial charge in [-0.1, -0.05) is 92.7 Å². The number of anilines is 3. The molecule has 1 atom stereocenters. The van der Waals surface area contributed by atoms with Crippen molar-refractivity contribution < 1.29 is 24.0 Å². The molecule has 1 saturated heterocycles. The summed E-state index contributed by atoms with van der Waals surface area (Å²) in [5.74, 6) is 1.54. The molecule has 6 N–H and O–H groups in total. The number of aromatic nitrogens is 4. The molecule has 6 aliphatic rings. The standard InChI is InChI=1S/C63H75N11O5S/c1-39(66-38-63-33-40-30-41(34-63)32-42(31-40)35-63)48(36-64)44-23-25-53(74-29-27-43-16-14-17-45(49(43)37-74)59(77)71-62-68-50-19-11-12-21-52(50)80-62)69-57(44)61(79)65-28-13-9-7-5-3-4-6-8-10-22-54(75)67-51-20-15-18-46-56(72-73(2)58(46)51)47-24-26-55(76)70-60(47)78/h11-12,14-21,23,25,36,40-42,47,64,66H,3-10,13,22,24,26-35,37-38H2,1-2H3,(H,65,79)(H,67,75)(H,68,71,77)(H,70,76,78)/b48-39+,64-36?. The number of hydrogen-bond donors (Lipinski definition) is 6. The summed E-state index contributed by atoms with van der Waals surface area (Å²) in [6.45, 7) is 4.56. The highest BCUT2D eigenvalue weighted by molar-refractivity contribution is 7.22. The van der Waals surface area contributed by atoms with E-state index in [1.54, 1.807) is 11.7 Å². The number of rotatable bonds is 23. The number of carbonyl (C=O) groups excluding carboxylic acids is 5. The van der Waals surface area contributed by atoms with E-state index >= 15 is 0 Å². The number of amides is 5. The molecule has 4 bridgehead atoms. The van der Waals surface area contributed by atoms with Crippen LogP contribution in [0.25, 0.3) is 26.7 Å². The summed E-state index contributed by atoms with van der Waals surface area (Å²) in [6.07, 6.45) is 20.2. The van der Waals surface area contributed by atoms with Crippen molar-refractivity contribution in [3.63, 3.8) is 0 Å². The third-order valence-corrected chi connectivity index (χ3v) is 18.7. The molecule has 12 rings (SSSR count). The number of allylic oxidation sites excluding steroid dienone is 2. The Bertz CT molecular complexity index is 3310. The quantitative estimate of drug-likeness (QED) is 0.0203. The van der Waals surface area contributed by atoms with Crippen molar-refractivity contribution in [2.45, 2.75) is 141 Å². The molecule has 0 radical (unpaired) electrons. The van der Waals surface area contributed by atoms with E-state index in [4.69, 9.17) is 10.4 Å². The second-order valence-corrected chi connectivity index (χ2v) is 24.6. The van der Waals surface area contributed by atoms with Crippen LogP contribution in [0.4, 0.5) is 16.6 Å². The Kier molecular flexibility index (Phi) is 16.6. The van der Waals surface area contributed by atoms with Crippen LogP contribution in [0.15, 0.2) is 78.5 Å². The van der Waals surface area contributed by atoms with E-state index in [2.05, 4.69) is 47.6 Å². The van der Waals surface area contributed by atoms with Gasteiger partial charge < -0.3 is 26.3 Å². The van der Waals surface area contributed by atoms with Gasteiger partial charge in [0.25, 0.3) is 11.8 Å². The normalized spacial score (nSPS) is 21.5. The van der Waals surface area contributed by atoms with Crippen LogP contribution >= 0.6 is 11.3 Å². The molecular weight excluding hydrogens is 1020 g/mol. The zero-order chi connectivity index (χ0) is 55.3. The Morgan fingerprint density at radius 3 is 2.25 bits per heavy atom. The molecular formula is C63H75N11O5S. The lowest BCUT2D eigenvalue weighted by Crippen LogP contribution is -2.50. The lowest BCUT2D eigenvalue weighted by atomic mass is 9.49. The summed E-state index contributed by atoms with van der Waals surface area (Å²) in [6, 6.07) is 23.3. The van der Waals surface area contributed by atoms with E-state index in [0.29, 0.717) is 89.0 Å². The second kappa shape index (κ2) is 24.2. The molecule has 418 valence electrons. The van der Waals surface area contributed by atoms with E-state index in [9.17, 15) is 24.0 Å². The number of piperidine rings is 1. The van der Waals surface area contributed by atoms with Crippen LogP contribution in [0.3, 0.4) is 0 Å². The Hall–Kier alpha value is -7.27. The monoisotopic (exact) mass is 1100 g/mol. The first kappa shape index (κ1) is 54.7. The van der Waals surface area contributed by atoms with Gasteiger partial charge in [-0.15, -0.1) is 0 Å². The predicted octanol–water partition coefficient (Wildman–Crippen LogP) is 11.4. The van der Waals surface area contributed by atoms with Crippen LogP contribution in [0.5, 0.6) is 0 Å². The van der Waals surface area contributed by atoms with Gasteiger partial charge in [0.15, 0.2) is 5.13 Å². The summed E-state index contributed by atoms with van der Waals surface area (Å²) in [4.78, 5) is 77.7. The first-order valence-electron chi connectivity index (χ1n) is 29.3. The molecule has 5 fully saturated rings. The van der Waals surface area contributed by atoms with Crippen LogP contribution in [-0.4, -0.2) is 75.1 Å². The SMILES string of the molecule is C/C(NCC12CC3CC(CC(C3)C1)C2)=C(/C=N)c1ccc(N2CCc3cccc(C(=O)Nc4nc5ccccc5s4)c3C2)nc1C(=O)NCCCCCCCCCCCC(=O)Nc1cccc2c(C3CCC(=O)NC3=O)nn(C)c12. The maximum atomic E-state index is 14.4. The van der Waals surface area contributed by atoms with Crippen molar-refractivity contribution in [3.05, 3.63) is 112 Å². The number of pyridine rings is 1. The number of para-hydroxylation sites is 2. The summed E-state index contributed by atoms with van der Waals surface area (Å²) in [7, 11) is 1.80. The third kappa shape index (κ3) is 12.1. The molecule has 5 heterocycles. The van der Waals surface area contributed by atoms with Crippen molar-refractivity contribution in [2.24, 2.45) is 30.2 Å². The number of imide groups is 1. The molecule has 6 aromatic rings. The molecule has 3 aromatic heterocycles. The van der Waals surface area contributed by atoms with Gasteiger partial charge in [-0.2, -0.15) is 5.10 Å². The van der Waals surface area contributed by atoms with E-state index in [-0.39, 0.29) is 36.0 Å². The summed E-state index contributed by atoms with van der Waals surface area (Å²) < 4.78 is 2.71. The number of thiazole rings is 1. The zero-order valence-electron chi connectivity index (χ0n) is 46.3. The Labute approximate surface area is 472 Å². The molecule has 5 amide bonds. The van der Waals surface area contributed by atoms with E-state index in [0.717, 1.165) is 120 Å². The highest BCUT2D eigenvalue weighted by atomic mass is 32.1. The molecule has 4 aliphatic carbocycles. The average Bonchev–Trinajstić information content (AvgIpc) is 4.11. The Morgan fingerprint density at radius 2 is 1.51 bits per heavy atom. The Balaban J connectivity index is 0.673. The smallest absolute Gasteiger partial charge is 0.270 e. The molecule has 2 aliphatic heterocycles. The Morgan fingerprint density at radius 1 is 0.787 bits per heavy atom. The maximum Gasteiger partial charge on any atom is 0.270 e. The first-order chi connectivity index (χ1) is 38.9. The number of benzene rings is 3. The fraction of sp³-hybridized carbons (Fsp3) is 0.476. The van der Waals surface area contributed by atoms with Crippen LogP contribution in [0.1, 0.15) is 172 Å². The van der Waals surface area contributed by atoms with E-state index in [1.165, 1.54) is 56.1 Å². The maximum absolute atomic E-state index is 14.4. The number of fused-ring (bicyclic) bond motifs is 3. The highest BCUT2D eigenvalue weighted by Crippen LogP contribution is 2.60. The van der Waals surface area contributed by atoms with Crippen molar-refractivity contribution in [3.8, 4) is 0 Å². The van der Waals surface area contributed by atoms with Gasteiger partial charge in [0.2, 0.25) is 17.7 Å². The van der Waals surface area contributed by atoms with Gasteiger partial charge in [0.05, 0.1) is 33.0 Å². The van der Waals surface area contributed by atoms with Gasteiger partial charge >= 0.3 is 0 Å². The number of unbranched alkanes of at least 4 members (excludes halogenated alkanes) is 8. The zero-order valence-corrected chi connectivity index (χ0v) is 47.1. The minimum absolute atomic E-state index is 0.0545. The van der Waals surface area contributed by atoms with Gasteiger partial charge in [-0.3, -0.25) is 39.3 Å². The molecule has 16 nitrogen and oxygen atoms in total. The van der Waals surface area contributed by atoms with E-state index < -0.39 is 5.92 Å². The molecule has 0 spiro atoms. The number of hydrogen-bond acceptors (Lipinski definition) is 12. The lowest BCUT2D eigenvalue weighted by molar-refractivity contribution is -0.134. The lowest BCUT2D eigenvalue weighted by Gasteiger charge is -2.57. The van der Waals surface area contributed by atoms with Crippen molar-refractivity contribution in [1.29, 1.82) is 5.41 Å². The predicted molar refractivity (Wildman–Crippen MR) is 316 cm³/mol. The first-order valence-corrected chi connectivity index (χ1v) is 30.1. The van der Waals surface area contributed by atoms with Gasteiger partial charge in [0.1, 0.15) is 11.5 Å². The highest BCUT2D eigenvalue weighted by Gasteiger charge is 2.50. The summed E-state index contributed by atoms with van der Waals surface area (Å²) in [5, 5.41) is 30.2. The number of aryl methyl sites for hydroxylation is 1. The van der Waals surface area contributed by atoms with Crippen LogP contribution in [-0.2, 0) is 34.4 Å². The summed E-state index contributed by atoms with van der Waals surface area (Å²) in [5.41, 5.74) is 8.31. The van der Waals surface area contributed by atoms with Crippen LogP contribution in [0, 0.1) is 28.6 Å². The summed E-state index contributed by atoms with van der Waals surface area (Å²) >= 11 is 1.45. The molecule has 1 unspecified atom stereocenters. The van der Waals surface area contributed by atoms with Crippen molar-refractivity contribution in [1.82, 2.24) is 35.7 Å².